The summed E-state index contributed by atoms with van der Waals surface area (Å²) in [6.07, 6.45) is 1.51. The van der Waals surface area contributed by atoms with Crippen LogP contribution >= 0.6 is 23.4 Å². The van der Waals surface area contributed by atoms with E-state index in [0.29, 0.717) is 13.1 Å². The summed E-state index contributed by atoms with van der Waals surface area (Å²) in [5.74, 6) is -2.47. The monoisotopic (exact) mass is 704 g/mol. The molecule has 6 saturated heterocycles. The van der Waals surface area contributed by atoms with Crippen LogP contribution < -0.4 is 16.0 Å². The van der Waals surface area contributed by atoms with E-state index in [0.717, 1.165) is 39.5 Å². The molecule has 4 amide bonds. The number of nitrogens with zero attached hydrogens (tertiary/aromatic N) is 5. The number of carbonyl (C=O) groups is 5. The molecular formula is C33H33ClN8O6S. The SMILES string of the molecule is COC(=O)[C@]12S[C@@]3(C[C@]4(n5cc(C[C@]67NCCN[C@](Cl)(C(=O)N6C)N(C)C7=O)c6ccccc65)c5ccccc5N[C@@H]4N3C1=O)C(=O)N2C. The Balaban J connectivity index is 1.24. The Bertz CT molecular complexity index is 2080. The molecule has 10 rings (SSSR count). The highest BCUT2D eigenvalue weighted by Gasteiger charge is 2.85. The number of amides is 4. The number of hydrogen-bond donors (Lipinski definition) is 3. The van der Waals surface area contributed by atoms with Crippen LogP contribution in [0.25, 0.3) is 10.9 Å². The Kier molecular flexibility index (Phi) is 5.94. The predicted molar refractivity (Wildman–Crippen MR) is 179 cm³/mol. The molecule has 8 heterocycles. The van der Waals surface area contributed by atoms with Gasteiger partial charge in [0.2, 0.25) is 0 Å². The smallest absolute Gasteiger partial charge is 0.352 e. The second-order valence-electron chi connectivity index (χ2n) is 13.5. The lowest BCUT2D eigenvalue weighted by Crippen LogP contribution is -2.83. The molecule has 7 aliphatic rings. The Morgan fingerprint density at radius 3 is 2.41 bits per heavy atom. The highest BCUT2D eigenvalue weighted by Crippen LogP contribution is 2.69. The zero-order valence-electron chi connectivity index (χ0n) is 27.1. The first-order chi connectivity index (χ1) is 23.3. The number of fused-ring (bicyclic) bond motifs is 11. The minimum absolute atomic E-state index is 0.115. The maximum absolute atomic E-state index is 14.5. The van der Waals surface area contributed by atoms with E-state index in [2.05, 4.69) is 20.5 Å². The van der Waals surface area contributed by atoms with Gasteiger partial charge in [0.05, 0.1) is 7.11 Å². The molecule has 2 aromatic carbocycles. The predicted octanol–water partition coefficient (Wildman–Crippen LogP) is 0.408. The van der Waals surface area contributed by atoms with Crippen LogP contribution in [0.3, 0.4) is 0 Å². The number of benzene rings is 2. The first-order valence-electron chi connectivity index (χ1n) is 16.0. The summed E-state index contributed by atoms with van der Waals surface area (Å²) in [6, 6.07) is 15.5. The molecule has 0 unspecified atom stereocenters. The van der Waals surface area contributed by atoms with E-state index in [9.17, 15) is 24.0 Å². The highest BCUT2D eigenvalue weighted by atomic mass is 35.5. The quantitative estimate of drug-likeness (QED) is 0.151. The van der Waals surface area contributed by atoms with Crippen molar-refractivity contribution in [2.45, 2.75) is 45.1 Å². The van der Waals surface area contributed by atoms with E-state index in [1.54, 1.807) is 11.9 Å². The van der Waals surface area contributed by atoms with Gasteiger partial charge in [-0.2, -0.15) is 0 Å². The lowest BCUT2D eigenvalue weighted by molar-refractivity contribution is -0.176. The van der Waals surface area contributed by atoms with Crippen molar-refractivity contribution in [2.24, 2.45) is 0 Å². The minimum atomic E-state index is -1.82. The van der Waals surface area contributed by atoms with Crippen LogP contribution in [0.15, 0.2) is 54.7 Å². The van der Waals surface area contributed by atoms with Gasteiger partial charge in [0.25, 0.3) is 33.6 Å². The van der Waals surface area contributed by atoms with Crippen molar-refractivity contribution in [2.75, 3.05) is 46.7 Å². The number of ether oxygens (including phenoxy) is 1. The van der Waals surface area contributed by atoms with E-state index >= 15 is 0 Å². The Labute approximate surface area is 290 Å². The molecule has 6 fully saturated rings. The lowest BCUT2D eigenvalue weighted by atomic mass is 9.86. The molecular weight excluding hydrogens is 672 g/mol. The van der Waals surface area contributed by atoms with Crippen LogP contribution in [0.1, 0.15) is 17.5 Å². The van der Waals surface area contributed by atoms with E-state index in [4.69, 9.17) is 16.3 Å². The number of alkyl halides is 1. The number of esters is 1. The number of carbonyl (C=O) groups excluding carboxylic acids is 5. The Hall–Kier alpha value is -4.31. The molecule has 7 aliphatic heterocycles. The van der Waals surface area contributed by atoms with Gasteiger partial charge in [0, 0.05) is 75.4 Å². The van der Waals surface area contributed by atoms with Crippen molar-refractivity contribution in [3.63, 3.8) is 0 Å². The molecule has 4 bridgehead atoms. The number of methoxy groups -OCH3 is 1. The molecule has 49 heavy (non-hydrogen) atoms. The maximum Gasteiger partial charge on any atom is 0.352 e. The molecule has 254 valence electrons. The van der Waals surface area contributed by atoms with Crippen LogP contribution in [0.4, 0.5) is 5.69 Å². The van der Waals surface area contributed by atoms with Crippen LogP contribution in [0.5, 0.6) is 0 Å². The second kappa shape index (κ2) is 9.47. The van der Waals surface area contributed by atoms with Crippen molar-refractivity contribution >= 4 is 69.6 Å². The van der Waals surface area contributed by atoms with Gasteiger partial charge in [-0.1, -0.05) is 59.8 Å². The molecule has 1 aromatic heterocycles. The summed E-state index contributed by atoms with van der Waals surface area (Å²) < 4.78 is 7.21. The molecule has 3 aromatic rings. The minimum Gasteiger partial charge on any atom is -0.466 e. The van der Waals surface area contributed by atoms with Crippen molar-refractivity contribution in [3.05, 3.63) is 65.9 Å². The van der Waals surface area contributed by atoms with Gasteiger partial charge in [-0.15, -0.1) is 0 Å². The molecule has 0 saturated carbocycles. The third-order valence-electron chi connectivity index (χ3n) is 11.5. The largest absolute Gasteiger partial charge is 0.466 e. The van der Waals surface area contributed by atoms with E-state index in [-0.39, 0.29) is 24.7 Å². The van der Waals surface area contributed by atoms with Crippen molar-refractivity contribution < 1.29 is 28.7 Å². The Morgan fingerprint density at radius 2 is 1.63 bits per heavy atom. The van der Waals surface area contributed by atoms with Crippen molar-refractivity contribution in [3.8, 4) is 0 Å². The van der Waals surface area contributed by atoms with Crippen LogP contribution in [-0.4, -0.2) is 122 Å². The first kappa shape index (κ1) is 30.7. The molecule has 6 atom stereocenters. The number of halogens is 1. The average molecular weight is 705 g/mol. The van der Waals surface area contributed by atoms with Gasteiger partial charge >= 0.3 is 5.97 Å². The number of likely N-dealkylation sites (N-methyl/N-ethyl adjacent to an activating group) is 3. The molecule has 0 aliphatic carbocycles. The second-order valence-corrected chi connectivity index (χ2v) is 15.6. The molecule has 0 radical (unpaired) electrons. The van der Waals surface area contributed by atoms with Gasteiger partial charge in [0.1, 0.15) is 11.7 Å². The number of nitrogens with one attached hydrogen (secondary N) is 3. The summed E-state index contributed by atoms with van der Waals surface area (Å²) >= 11 is 7.78. The molecule has 16 heteroatoms. The number of anilines is 1. The summed E-state index contributed by atoms with van der Waals surface area (Å²) in [7, 11) is 5.79. The van der Waals surface area contributed by atoms with E-state index < -0.39 is 50.0 Å². The van der Waals surface area contributed by atoms with Crippen molar-refractivity contribution in [1.82, 2.24) is 34.8 Å². The number of piperazine rings is 2. The third kappa shape index (κ3) is 3.21. The van der Waals surface area contributed by atoms with Crippen LogP contribution in [0, 0.1) is 0 Å². The number of para-hydroxylation sites is 2. The van der Waals surface area contributed by atoms with Crippen LogP contribution in [-0.2, 0) is 40.7 Å². The fourth-order valence-corrected chi connectivity index (χ4v) is 11.3. The normalized spacial score (nSPS) is 35.9. The molecule has 14 nitrogen and oxygen atoms in total. The summed E-state index contributed by atoms with van der Waals surface area (Å²) in [6.45, 7) is 0.735. The maximum atomic E-state index is 14.5. The fourth-order valence-electron chi connectivity index (χ4n) is 9.18. The highest BCUT2D eigenvalue weighted by molar-refractivity contribution is 8.05. The zero-order valence-corrected chi connectivity index (χ0v) is 28.6. The summed E-state index contributed by atoms with van der Waals surface area (Å²) in [5, 5.41) is 9.06. The third-order valence-corrected chi connectivity index (χ3v) is 13.9. The van der Waals surface area contributed by atoms with E-state index in [1.807, 2.05) is 54.7 Å². The van der Waals surface area contributed by atoms with Gasteiger partial charge in [-0.3, -0.25) is 34.7 Å². The number of thioether (sulfide) groups is 1. The first-order valence-corrected chi connectivity index (χ1v) is 17.2. The standard InChI is InChI=1S/C33H33ClN8O6S/c1-38-27(46)33(34)36-14-13-35-30(38,24(43)40(33)3)15-18-16-41(22-12-8-5-9-19(18)22)29-17-31-25(44)39(2)32(49-31,28(47)48-4)26(45)42(31)23(29)37-21-11-7-6-10-20(21)29/h5-12,16,23,35-37H,13-15,17H2,1-4H3/t23-,29+,30+,31+,32-,33-/m1/s1. The number of hydrogen-bond acceptors (Lipinski definition) is 10. The Morgan fingerprint density at radius 1 is 0.918 bits per heavy atom. The van der Waals surface area contributed by atoms with Gasteiger partial charge in [-0.25, -0.2) is 4.79 Å². The fraction of sp³-hybridized carbons (Fsp3) is 0.424. The number of aromatic nitrogens is 1. The number of rotatable bonds is 4. The van der Waals surface area contributed by atoms with Gasteiger partial charge < -0.3 is 29.3 Å². The van der Waals surface area contributed by atoms with Gasteiger partial charge in [-0.05, 0) is 17.7 Å². The van der Waals surface area contributed by atoms with Crippen LogP contribution in [0.2, 0.25) is 0 Å². The zero-order chi connectivity index (χ0) is 34.5. The molecule has 3 N–H and O–H groups in total. The van der Waals surface area contributed by atoms with Crippen molar-refractivity contribution in [1.29, 1.82) is 0 Å². The van der Waals surface area contributed by atoms with Gasteiger partial charge in [0.15, 0.2) is 10.5 Å². The summed E-state index contributed by atoms with van der Waals surface area (Å²) in [4.78, 5) is 72.2. The van der Waals surface area contributed by atoms with E-state index in [1.165, 1.54) is 35.9 Å². The summed E-state index contributed by atoms with van der Waals surface area (Å²) in [5.41, 5.74) is 0.841. The average Bonchev–Trinajstić information content (AvgIpc) is 3.84. The molecule has 1 spiro atoms. The lowest BCUT2D eigenvalue weighted by Gasteiger charge is -2.55. The topological polar surface area (TPSA) is 149 Å².